The van der Waals surface area contributed by atoms with Crippen LogP contribution in [0.15, 0.2) is 18.3 Å². The monoisotopic (exact) mass is 222 g/mol. The zero-order chi connectivity index (χ0) is 11.6. The van der Waals surface area contributed by atoms with Gasteiger partial charge in [-0.25, -0.2) is 4.98 Å². The summed E-state index contributed by atoms with van der Waals surface area (Å²) >= 11 is 0. The van der Waals surface area contributed by atoms with E-state index in [1.54, 1.807) is 18.3 Å². The zero-order valence-electron chi connectivity index (χ0n) is 9.06. The van der Waals surface area contributed by atoms with Gasteiger partial charge in [0.05, 0.1) is 19.3 Å². The van der Waals surface area contributed by atoms with Crippen LogP contribution in [0.3, 0.4) is 0 Å². The predicted octanol–water partition coefficient (Wildman–Crippen LogP) is 0.345. The summed E-state index contributed by atoms with van der Waals surface area (Å²) < 4.78 is 5.00. The van der Waals surface area contributed by atoms with Gasteiger partial charge in [0.25, 0.3) is 5.91 Å². The third-order valence-corrected chi connectivity index (χ3v) is 2.74. The number of aliphatic hydroxyl groups is 1. The first kappa shape index (κ1) is 10.9. The van der Waals surface area contributed by atoms with Crippen molar-refractivity contribution >= 4 is 5.91 Å². The summed E-state index contributed by atoms with van der Waals surface area (Å²) in [6.07, 6.45) is 3.20. The van der Waals surface area contributed by atoms with Crippen LogP contribution in [0.1, 0.15) is 23.2 Å². The lowest BCUT2D eigenvalue weighted by atomic mass is 10.2. The summed E-state index contributed by atoms with van der Waals surface area (Å²) in [6, 6.07) is 3.32. The highest BCUT2D eigenvalue weighted by atomic mass is 16.5. The maximum Gasteiger partial charge on any atom is 0.257 e. The molecule has 16 heavy (non-hydrogen) atoms. The summed E-state index contributed by atoms with van der Waals surface area (Å²) in [6.45, 7) is -0.0265. The van der Waals surface area contributed by atoms with Gasteiger partial charge in [-0.1, -0.05) is 0 Å². The number of ether oxygens (including phenoxy) is 1. The van der Waals surface area contributed by atoms with Gasteiger partial charge < -0.3 is 15.2 Å². The van der Waals surface area contributed by atoms with Crippen molar-refractivity contribution in [3.63, 3.8) is 0 Å². The van der Waals surface area contributed by atoms with Gasteiger partial charge in [-0.2, -0.15) is 0 Å². The fourth-order valence-corrected chi connectivity index (χ4v) is 1.51. The van der Waals surface area contributed by atoms with E-state index in [1.165, 1.54) is 7.11 Å². The summed E-state index contributed by atoms with van der Waals surface area (Å²) in [4.78, 5) is 15.8. The molecule has 5 nitrogen and oxygen atoms in total. The highest BCUT2D eigenvalue weighted by Gasteiger charge is 2.43. The molecule has 0 unspecified atom stereocenters. The van der Waals surface area contributed by atoms with E-state index in [2.05, 4.69) is 10.3 Å². The molecule has 1 aromatic rings. The molecule has 0 spiro atoms. The van der Waals surface area contributed by atoms with E-state index in [-0.39, 0.29) is 12.5 Å². The third-order valence-electron chi connectivity index (χ3n) is 2.74. The van der Waals surface area contributed by atoms with E-state index >= 15 is 0 Å². The van der Waals surface area contributed by atoms with E-state index in [4.69, 9.17) is 9.84 Å². The Balaban J connectivity index is 2.14. The number of nitrogens with one attached hydrogen (secondary N) is 1. The highest BCUT2D eigenvalue weighted by Crippen LogP contribution is 2.35. The van der Waals surface area contributed by atoms with Gasteiger partial charge in [-0.15, -0.1) is 0 Å². The molecule has 0 radical (unpaired) electrons. The number of pyridine rings is 1. The van der Waals surface area contributed by atoms with Gasteiger partial charge in [0.15, 0.2) is 0 Å². The Morgan fingerprint density at radius 3 is 3.00 bits per heavy atom. The molecule has 1 heterocycles. The van der Waals surface area contributed by atoms with Crippen LogP contribution in [0.25, 0.3) is 0 Å². The van der Waals surface area contributed by atoms with Gasteiger partial charge in [0.1, 0.15) is 5.56 Å². The van der Waals surface area contributed by atoms with E-state index in [0.717, 1.165) is 12.8 Å². The molecular formula is C11H14N2O3. The first-order valence-electron chi connectivity index (χ1n) is 5.13. The zero-order valence-corrected chi connectivity index (χ0v) is 9.06. The van der Waals surface area contributed by atoms with E-state index in [0.29, 0.717) is 11.4 Å². The second kappa shape index (κ2) is 4.09. The number of rotatable bonds is 4. The molecule has 5 heteroatoms. The number of hydrogen-bond acceptors (Lipinski definition) is 4. The molecule has 1 fully saturated rings. The Bertz CT molecular complexity index is 402. The van der Waals surface area contributed by atoms with Crippen LogP contribution in [0.2, 0.25) is 0 Å². The van der Waals surface area contributed by atoms with Crippen LogP contribution >= 0.6 is 0 Å². The second-order valence-corrected chi connectivity index (χ2v) is 3.95. The van der Waals surface area contributed by atoms with Crippen LogP contribution in [-0.4, -0.2) is 35.3 Å². The molecule has 0 atom stereocenters. The molecule has 0 saturated heterocycles. The summed E-state index contributed by atoms with van der Waals surface area (Å²) in [5.41, 5.74) is -0.0255. The first-order valence-corrected chi connectivity index (χ1v) is 5.13. The van der Waals surface area contributed by atoms with Crippen molar-refractivity contribution in [3.8, 4) is 5.88 Å². The molecule has 1 amide bonds. The molecule has 0 aromatic carbocycles. The number of nitrogens with zero attached hydrogens (tertiary/aromatic N) is 1. The normalized spacial score (nSPS) is 16.6. The van der Waals surface area contributed by atoms with Crippen LogP contribution in [0.5, 0.6) is 5.88 Å². The number of aromatic nitrogens is 1. The van der Waals surface area contributed by atoms with Crippen molar-refractivity contribution in [3.05, 3.63) is 23.9 Å². The first-order chi connectivity index (χ1) is 7.71. The number of methoxy groups -OCH3 is 1. The van der Waals surface area contributed by atoms with Gasteiger partial charge in [-0.05, 0) is 25.0 Å². The van der Waals surface area contributed by atoms with Crippen molar-refractivity contribution in [2.75, 3.05) is 13.7 Å². The van der Waals surface area contributed by atoms with Gasteiger partial charge in [0.2, 0.25) is 5.88 Å². The van der Waals surface area contributed by atoms with Crippen LogP contribution in [-0.2, 0) is 0 Å². The minimum Gasteiger partial charge on any atom is -0.480 e. The number of carbonyl (C=O) groups excluding carboxylic acids is 1. The van der Waals surface area contributed by atoms with Crippen molar-refractivity contribution in [1.29, 1.82) is 0 Å². The van der Waals surface area contributed by atoms with E-state index < -0.39 is 5.54 Å². The van der Waals surface area contributed by atoms with Gasteiger partial charge >= 0.3 is 0 Å². The molecule has 2 rings (SSSR count). The Morgan fingerprint density at radius 1 is 1.69 bits per heavy atom. The topological polar surface area (TPSA) is 71.5 Å². The fraction of sp³-hybridized carbons (Fsp3) is 0.455. The molecular weight excluding hydrogens is 208 g/mol. The maximum absolute atomic E-state index is 11.9. The Morgan fingerprint density at radius 2 is 2.44 bits per heavy atom. The summed E-state index contributed by atoms with van der Waals surface area (Å²) in [7, 11) is 1.47. The molecule has 2 N–H and O–H groups in total. The standard InChI is InChI=1S/C11H14N2O3/c1-16-10-8(3-2-6-12-10)9(15)13-11(7-14)4-5-11/h2-3,6,14H,4-5,7H2,1H3,(H,13,15). The molecule has 86 valence electrons. The Labute approximate surface area is 93.5 Å². The van der Waals surface area contributed by atoms with Gasteiger partial charge in [0, 0.05) is 6.20 Å². The summed E-state index contributed by atoms with van der Waals surface area (Å²) in [5.74, 6) is 0.0465. The van der Waals surface area contributed by atoms with Crippen LogP contribution in [0.4, 0.5) is 0 Å². The van der Waals surface area contributed by atoms with Crippen molar-refractivity contribution in [1.82, 2.24) is 10.3 Å². The third kappa shape index (κ3) is 1.99. The fourth-order valence-electron chi connectivity index (χ4n) is 1.51. The second-order valence-electron chi connectivity index (χ2n) is 3.95. The SMILES string of the molecule is COc1ncccc1C(=O)NC1(CO)CC1. The van der Waals surface area contributed by atoms with E-state index in [9.17, 15) is 4.79 Å². The van der Waals surface area contributed by atoms with Crippen LogP contribution < -0.4 is 10.1 Å². The molecule has 1 aliphatic carbocycles. The number of aliphatic hydroxyl groups excluding tert-OH is 1. The largest absolute Gasteiger partial charge is 0.480 e. The van der Waals surface area contributed by atoms with Crippen molar-refractivity contribution < 1.29 is 14.6 Å². The average Bonchev–Trinajstić information content (AvgIpc) is 3.09. The lowest BCUT2D eigenvalue weighted by Gasteiger charge is -2.15. The minimum absolute atomic E-state index is 0.0265. The van der Waals surface area contributed by atoms with Gasteiger partial charge in [-0.3, -0.25) is 4.79 Å². The quantitative estimate of drug-likeness (QED) is 0.770. The average molecular weight is 222 g/mol. The molecule has 0 bridgehead atoms. The van der Waals surface area contributed by atoms with Crippen molar-refractivity contribution in [2.45, 2.75) is 18.4 Å². The van der Waals surface area contributed by atoms with E-state index in [1.807, 2.05) is 0 Å². The van der Waals surface area contributed by atoms with Crippen molar-refractivity contribution in [2.24, 2.45) is 0 Å². The molecule has 1 aliphatic rings. The molecule has 1 saturated carbocycles. The summed E-state index contributed by atoms with van der Waals surface area (Å²) in [5, 5.41) is 11.9. The lowest BCUT2D eigenvalue weighted by molar-refractivity contribution is 0.0903. The Kier molecular flexibility index (Phi) is 2.78. The number of amides is 1. The number of hydrogen-bond donors (Lipinski definition) is 2. The minimum atomic E-state index is -0.419. The smallest absolute Gasteiger partial charge is 0.257 e. The predicted molar refractivity (Wildman–Crippen MR) is 57.3 cm³/mol. The maximum atomic E-state index is 11.9. The highest BCUT2D eigenvalue weighted by molar-refractivity contribution is 5.97. The number of carbonyl (C=O) groups is 1. The van der Waals surface area contributed by atoms with Crippen LogP contribution in [0, 0.1) is 0 Å². The Hall–Kier alpha value is -1.62. The molecule has 1 aromatic heterocycles. The lowest BCUT2D eigenvalue weighted by Crippen LogP contribution is -2.39. The molecule has 0 aliphatic heterocycles.